The highest BCUT2D eigenvalue weighted by Crippen LogP contribution is 2.50. The van der Waals surface area contributed by atoms with Gasteiger partial charge in [0.15, 0.2) is 0 Å². The number of aromatic nitrogens is 3. The highest BCUT2D eigenvalue weighted by atomic mass is 15.0. The van der Waals surface area contributed by atoms with Crippen LogP contribution in [0, 0.1) is 0 Å². The number of hydrogen-bond acceptors (Lipinski definition) is 0. The van der Waals surface area contributed by atoms with Gasteiger partial charge in [0.1, 0.15) is 0 Å². The summed E-state index contributed by atoms with van der Waals surface area (Å²) in [7, 11) is 0. The molecule has 0 aliphatic heterocycles. The second-order valence-electron chi connectivity index (χ2n) is 21.7. The summed E-state index contributed by atoms with van der Waals surface area (Å²) in [6.45, 7) is 7.07. The monoisotopic (exact) mass is 927 g/mol. The highest BCUT2D eigenvalue weighted by Gasteiger charge is 2.28. The molecule has 17 aromatic rings. The fourth-order valence-corrected chi connectivity index (χ4v) is 13.3. The minimum atomic E-state index is -0.0648. The summed E-state index contributed by atoms with van der Waals surface area (Å²) in [6.07, 6.45) is 0. The van der Waals surface area contributed by atoms with Crippen LogP contribution < -0.4 is 0 Å². The molecule has 0 N–H and O–H groups in total. The van der Waals surface area contributed by atoms with Crippen LogP contribution in [-0.4, -0.2) is 13.2 Å². The van der Waals surface area contributed by atoms with Gasteiger partial charge in [-0.3, -0.25) is 0 Å². The average molecular weight is 928 g/mol. The lowest BCUT2D eigenvalue weighted by atomic mass is 9.85. The largest absolute Gasteiger partial charge is 0.308 e. The maximum absolute atomic E-state index is 2.62. The Morgan fingerprint density at radius 2 is 0.507 bits per heavy atom. The van der Waals surface area contributed by atoms with Crippen LogP contribution in [0.5, 0.6) is 0 Å². The zero-order valence-corrected chi connectivity index (χ0v) is 40.6. The van der Waals surface area contributed by atoms with E-state index in [4.69, 9.17) is 0 Å². The predicted molar refractivity (Wildman–Crippen MR) is 311 cm³/mol. The second kappa shape index (κ2) is 13.8. The average Bonchev–Trinajstić information content (AvgIpc) is 4.28. The lowest BCUT2D eigenvalue weighted by molar-refractivity contribution is 0.592. The number of fused-ring (bicyclic) bond motifs is 18. The van der Waals surface area contributed by atoms with Crippen LogP contribution in [0.4, 0.5) is 0 Å². The van der Waals surface area contributed by atoms with E-state index in [2.05, 4.69) is 252 Å². The molecule has 0 bridgehead atoms. The van der Waals surface area contributed by atoms with Gasteiger partial charge in [-0.05, 0) is 140 Å². The van der Waals surface area contributed by atoms with Crippen LogP contribution in [-0.2, 0) is 5.41 Å². The summed E-state index contributed by atoms with van der Waals surface area (Å²) in [5.41, 5.74) is 22.5. The van der Waals surface area contributed by atoms with E-state index in [0.717, 1.165) is 0 Å². The molecule has 73 heavy (non-hydrogen) atoms. The van der Waals surface area contributed by atoms with E-state index in [-0.39, 0.29) is 5.41 Å². The highest BCUT2D eigenvalue weighted by molar-refractivity contribution is 6.32. The molecule has 340 valence electrons. The van der Waals surface area contributed by atoms with Gasteiger partial charge < -0.3 is 13.2 Å². The van der Waals surface area contributed by atoms with Gasteiger partial charge in [-0.25, -0.2) is 0 Å². The van der Waals surface area contributed by atoms with Crippen molar-refractivity contribution in [1.29, 1.82) is 0 Å². The Labute approximate surface area is 420 Å². The molecule has 0 unspecified atom stereocenters. The van der Waals surface area contributed by atoms with Crippen LogP contribution in [0.2, 0.25) is 0 Å². The third-order valence-electron chi connectivity index (χ3n) is 16.7. The van der Waals surface area contributed by atoms with Crippen LogP contribution in [0.1, 0.15) is 26.3 Å². The van der Waals surface area contributed by atoms with Crippen LogP contribution in [0.15, 0.2) is 218 Å². The van der Waals surface area contributed by atoms with Gasteiger partial charge in [-0.15, -0.1) is 0 Å². The van der Waals surface area contributed by atoms with Crippen molar-refractivity contribution < 1.29 is 0 Å². The van der Waals surface area contributed by atoms with Crippen molar-refractivity contribution in [2.45, 2.75) is 26.2 Å². The zero-order valence-electron chi connectivity index (χ0n) is 40.6. The van der Waals surface area contributed by atoms with E-state index >= 15 is 0 Å². The van der Waals surface area contributed by atoms with Crippen molar-refractivity contribution in [3.8, 4) is 44.5 Å². The molecule has 0 saturated carbocycles. The van der Waals surface area contributed by atoms with Gasteiger partial charge in [0.05, 0.1) is 49.7 Å². The van der Waals surface area contributed by atoms with Crippen molar-refractivity contribution in [3.05, 3.63) is 224 Å². The van der Waals surface area contributed by atoms with E-state index in [1.54, 1.807) is 0 Å². The molecule has 3 nitrogen and oxygen atoms in total. The molecule has 0 amide bonds. The SMILES string of the molecule is CC(C)(C)c1cc2c3cc4c(cc3n3c5cc6c(cc5c(c1)c23)c1cc(-c2ccccc2)cc2c3cc(-c5ccccc5)ccc3n6c21)c1cc(-c2ccccc2)cc2c3cc(-c5ccccc5)ccc3n4c21. The molecule has 0 atom stereocenters. The Hall–Kier alpha value is -9.18. The third-order valence-corrected chi connectivity index (χ3v) is 16.7. The molecule has 0 radical (unpaired) electrons. The Bertz CT molecular complexity index is 5130. The first-order valence-electron chi connectivity index (χ1n) is 25.7. The molecule has 11 aromatic carbocycles. The van der Waals surface area contributed by atoms with Gasteiger partial charge in [0.2, 0.25) is 0 Å². The summed E-state index contributed by atoms with van der Waals surface area (Å²) >= 11 is 0. The van der Waals surface area contributed by atoms with Crippen molar-refractivity contribution in [1.82, 2.24) is 13.2 Å². The number of hydrogen-bond donors (Lipinski definition) is 0. The maximum Gasteiger partial charge on any atom is 0.0620 e. The van der Waals surface area contributed by atoms with E-state index < -0.39 is 0 Å². The van der Waals surface area contributed by atoms with Gasteiger partial charge >= 0.3 is 0 Å². The lowest BCUT2D eigenvalue weighted by Crippen LogP contribution is -2.10. The van der Waals surface area contributed by atoms with E-state index in [9.17, 15) is 0 Å². The molecule has 0 fully saturated rings. The molecular weight excluding hydrogens is 883 g/mol. The van der Waals surface area contributed by atoms with Gasteiger partial charge in [0.25, 0.3) is 0 Å². The first kappa shape index (κ1) is 39.5. The molecule has 0 aliphatic carbocycles. The summed E-state index contributed by atoms with van der Waals surface area (Å²) in [5.74, 6) is 0. The molecule has 6 aromatic heterocycles. The quantitative estimate of drug-likeness (QED) is 0.167. The predicted octanol–water partition coefficient (Wildman–Crippen LogP) is 19.1. The molecule has 17 rings (SSSR count). The zero-order chi connectivity index (χ0) is 48.0. The maximum atomic E-state index is 2.62. The Morgan fingerprint density at radius 1 is 0.219 bits per heavy atom. The van der Waals surface area contributed by atoms with Gasteiger partial charge in [-0.1, -0.05) is 154 Å². The van der Waals surface area contributed by atoms with Crippen molar-refractivity contribution >= 4 is 114 Å². The van der Waals surface area contributed by atoms with Crippen LogP contribution in [0.25, 0.3) is 159 Å². The van der Waals surface area contributed by atoms with Gasteiger partial charge in [0, 0.05) is 64.6 Å². The van der Waals surface area contributed by atoms with E-state index in [1.165, 1.54) is 164 Å². The fraction of sp³-hybridized carbons (Fsp3) is 0.0571. The first-order chi connectivity index (χ1) is 35.8. The standard InChI is InChI=1S/C70H45N3/c1-70(2,3)48-34-59-52-36-51-57-32-46(42-20-12-6-13-21-42)30-55-50-29-45(41-18-10-5-11-19-41)25-27-62(50)72(67(55)57)65(51)39-66(52)73-64-37-53-58-33-47(43-22-14-7-15-23-43)31-56-49-28-44(40-16-8-4-9-17-40)24-26-61(49)71(68(56)58)63(53)38-54(64)60(35-48)69(59)73/h4-39H,1-3H3. The van der Waals surface area contributed by atoms with E-state index in [0.29, 0.717) is 0 Å². The summed E-state index contributed by atoms with van der Waals surface area (Å²) in [6, 6.07) is 82.5. The van der Waals surface area contributed by atoms with Crippen molar-refractivity contribution in [2.75, 3.05) is 0 Å². The normalized spacial score (nSPS) is 12.9. The number of rotatable bonds is 4. The number of benzene rings is 11. The molecule has 0 aliphatic rings. The van der Waals surface area contributed by atoms with Crippen LogP contribution in [0.3, 0.4) is 0 Å². The van der Waals surface area contributed by atoms with Crippen molar-refractivity contribution in [2.24, 2.45) is 0 Å². The van der Waals surface area contributed by atoms with Crippen LogP contribution >= 0.6 is 0 Å². The van der Waals surface area contributed by atoms with Gasteiger partial charge in [-0.2, -0.15) is 0 Å². The smallest absolute Gasteiger partial charge is 0.0620 e. The number of nitrogens with zero attached hydrogens (tertiary/aromatic N) is 3. The molecule has 6 heterocycles. The third kappa shape index (κ3) is 5.23. The van der Waals surface area contributed by atoms with E-state index in [1.807, 2.05) is 0 Å². The summed E-state index contributed by atoms with van der Waals surface area (Å²) in [4.78, 5) is 0. The van der Waals surface area contributed by atoms with Crippen molar-refractivity contribution in [3.63, 3.8) is 0 Å². The Kier molecular flexibility index (Phi) is 7.48. The molecule has 0 saturated heterocycles. The fourth-order valence-electron chi connectivity index (χ4n) is 13.3. The Balaban J connectivity index is 1.01. The summed E-state index contributed by atoms with van der Waals surface area (Å²) in [5, 5.41) is 15.5. The Morgan fingerprint density at radius 3 is 0.877 bits per heavy atom. The topological polar surface area (TPSA) is 13.2 Å². The lowest BCUT2D eigenvalue weighted by Gasteiger charge is -2.19. The minimum absolute atomic E-state index is 0.0648. The summed E-state index contributed by atoms with van der Waals surface area (Å²) < 4.78 is 7.75. The second-order valence-corrected chi connectivity index (χ2v) is 21.7. The molecule has 0 spiro atoms. The first-order valence-corrected chi connectivity index (χ1v) is 25.7. The molecular formula is C70H45N3. The minimum Gasteiger partial charge on any atom is -0.308 e. The molecule has 3 heteroatoms.